The van der Waals surface area contributed by atoms with Gasteiger partial charge in [-0.05, 0) is 35.9 Å². The number of amides is 1. The quantitative estimate of drug-likeness (QED) is 0.514. The zero-order valence-corrected chi connectivity index (χ0v) is 17.4. The number of fused-ring (bicyclic) bond motifs is 1. The highest BCUT2D eigenvalue weighted by atomic mass is 35.5. The SMILES string of the molecule is O=C(Nc1cccnc1N1CCNCC1)c1ccn2ncc(-c3cccc(Cl)c3)c2n1. The third-order valence-electron chi connectivity index (χ3n) is 5.19. The zero-order valence-electron chi connectivity index (χ0n) is 16.6. The van der Waals surface area contributed by atoms with Gasteiger partial charge in [-0.2, -0.15) is 5.10 Å². The molecule has 0 saturated carbocycles. The van der Waals surface area contributed by atoms with Gasteiger partial charge in [0.25, 0.3) is 5.91 Å². The first kappa shape index (κ1) is 19.5. The van der Waals surface area contributed by atoms with Crippen LogP contribution in [0.1, 0.15) is 10.5 Å². The van der Waals surface area contributed by atoms with E-state index in [2.05, 4.69) is 30.6 Å². The third kappa shape index (κ3) is 3.95. The van der Waals surface area contributed by atoms with E-state index in [0.29, 0.717) is 22.1 Å². The number of aromatic nitrogens is 4. The summed E-state index contributed by atoms with van der Waals surface area (Å²) in [6.07, 6.45) is 5.19. The van der Waals surface area contributed by atoms with E-state index in [1.165, 1.54) is 0 Å². The van der Waals surface area contributed by atoms with E-state index in [9.17, 15) is 4.79 Å². The average molecular weight is 434 g/mol. The van der Waals surface area contributed by atoms with Gasteiger partial charge in [-0.3, -0.25) is 4.79 Å². The number of rotatable bonds is 4. The van der Waals surface area contributed by atoms with Crippen molar-refractivity contribution in [2.75, 3.05) is 36.4 Å². The molecule has 1 fully saturated rings. The van der Waals surface area contributed by atoms with Gasteiger partial charge in [0.1, 0.15) is 5.69 Å². The number of anilines is 2. The number of piperazine rings is 1. The maximum Gasteiger partial charge on any atom is 0.274 e. The van der Waals surface area contributed by atoms with E-state index in [0.717, 1.165) is 43.1 Å². The Balaban J connectivity index is 1.45. The molecule has 156 valence electrons. The Kier molecular flexibility index (Phi) is 5.23. The van der Waals surface area contributed by atoms with Crippen LogP contribution in [0.5, 0.6) is 0 Å². The van der Waals surface area contributed by atoms with Crippen molar-refractivity contribution in [1.82, 2.24) is 24.9 Å². The smallest absolute Gasteiger partial charge is 0.274 e. The molecule has 31 heavy (non-hydrogen) atoms. The summed E-state index contributed by atoms with van der Waals surface area (Å²) < 4.78 is 1.64. The van der Waals surface area contributed by atoms with Gasteiger partial charge >= 0.3 is 0 Å². The number of nitrogens with zero attached hydrogens (tertiary/aromatic N) is 5. The highest BCUT2D eigenvalue weighted by Crippen LogP contribution is 2.27. The van der Waals surface area contributed by atoms with Gasteiger partial charge in [0, 0.05) is 49.2 Å². The summed E-state index contributed by atoms with van der Waals surface area (Å²) in [5.74, 6) is 0.465. The summed E-state index contributed by atoms with van der Waals surface area (Å²) in [5, 5.41) is 11.3. The molecule has 0 radical (unpaired) electrons. The second-order valence-corrected chi connectivity index (χ2v) is 7.65. The lowest BCUT2D eigenvalue weighted by Gasteiger charge is -2.29. The maximum atomic E-state index is 13.0. The molecule has 0 atom stereocenters. The molecule has 0 bridgehead atoms. The Hall–Kier alpha value is -3.49. The van der Waals surface area contributed by atoms with Crippen LogP contribution in [0.3, 0.4) is 0 Å². The number of halogens is 1. The number of hydrogen-bond acceptors (Lipinski definition) is 6. The topological polar surface area (TPSA) is 87.5 Å². The van der Waals surface area contributed by atoms with E-state index < -0.39 is 0 Å². The fraction of sp³-hybridized carbons (Fsp3) is 0.182. The fourth-order valence-corrected chi connectivity index (χ4v) is 3.85. The molecule has 0 spiro atoms. The first-order valence-corrected chi connectivity index (χ1v) is 10.4. The average Bonchev–Trinajstić information content (AvgIpc) is 3.23. The van der Waals surface area contributed by atoms with Crippen LogP contribution in [-0.4, -0.2) is 51.7 Å². The number of pyridine rings is 1. The van der Waals surface area contributed by atoms with Crippen molar-refractivity contribution in [3.05, 3.63) is 71.8 Å². The summed E-state index contributed by atoms with van der Waals surface area (Å²) in [7, 11) is 0. The molecule has 2 N–H and O–H groups in total. The van der Waals surface area contributed by atoms with Crippen molar-refractivity contribution in [1.29, 1.82) is 0 Å². The van der Waals surface area contributed by atoms with Crippen molar-refractivity contribution >= 4 is 34.7 Å². The molecule has 0 unspecified atom stereocenters. The van der Waals surface area contributed by atoms with E-state index >= 15 is 0 Å². The van der Waals surface area contributed by atoms with Gasteiger partial charge in [-0.25, -0.2) is 14.5 Å². The molecule has 8 nitrogen and oxygen atoms in total. The normalized spacial score (nSPS) is 14.0. The van der Waals surface area contributed by atoms with Crippen LogP contribution >= 0.6 is 11.6 Å². The minimum Gasteiger partial charge on any atom is -0.352 e. The highest BCUT2D eigenvalue weighted by Gasteiger charge is 2.18. The van der Waals surface area contributed by atoms with E-state index in [1.807, 2.05) is 36.4 Å². The van der Waals surface area contributed by atoms with Gasteiger partial charge in [0.15, 0.2) is 11.5 Å². The van der Waals surface area contributed by atoms with Gasteiger partial charge in [-0.15, -0.1) is 0 Å². The van der Waals surface area contributed by atoms with Crippen molar-refractivity contribution < 1.29 is 4.79 Å². The Bertz CT molecular complexity index is 1250. The summed E-state index contributed by atoms with van der Waals surface area (Å²) in [4.78, 5) is 24.3. The Morgan fingerprint density at radius 1 is 1.13 bits per heavy atom. The Labute approximate surface area is 183 Å². The molecule has 1 aliphatic rings. The van der Waals surface area contributed by atoms with E-state index in [-0.39, 0.29) is 5.91 Å². The van der Waals surface area contributed by atoms with Crippen LogP contribution in [0.4, 0.5) is 11.5 Å². The predicted molar refractivity (Wildman–Crippen MR) is 121 cm³/mol. The van der Waals surface area contributed by atoms with Crippen molar-refractivity contribution in [2.45, 2.75) is 0 Å². The first-order valence-electron chi connectivity index (χ1n) is 10.0. The lowest BCUT2D eigenvalue weighted by molar-refractivity contribution is 0.102. The van der Waals surface area contributed by atoms with Crippen LogP contribution in [0.2, 0.25) is 5.02 Å². The number of hydrogen-bond donors (Lipinski definition) is 2. The molecule has 1 aromatic carbocycles. The van der Waals surface area contributed by atoms with Crippen molar-refractivity contribution in [3.63, 3.8) is 0 Å². The molecule has 5 rings (SSSR count). The summed E-state index contributed by atoms with van der Waals surface area (Å²) in [6.45, 7) is 3.44. The van der Waals surface area contributed by atoms with Crippen LogP contribution < -0.4 is 15.5 Å². The number of benzene rings is 1. The largest absolute Gasteiger partial charge is 0.352 e. The first-order chi connectivity index (χ1) is 15.2. The molecule has 3 aromatic heterocycles. The summed E-state index contributed by atoms with van der Waals surface area (Å²) in [6, 6.07) is 12.8. The third-order valence-corrected chi connectivity index (χ3v) is 5.42. The van der Waals surface area contributed by atoms with Crippen molar-refractivity contribution in [2.24, 2.45) is 0 Å². The Morgan fingerprint density at radius 3 is 2.84 bits per heavy atom. The zero-order chi connectivity index (χ0) is 21.2. The second-order valence-electron chi connectivity index (χ2n) is 7.22. The molecule has 1 aliphatic heterocycles. The number of nitrogens with one attached hydrogen (secondary N) is 2. The van der Waals surface area contributed by atoms with Crippen LogP contribution in [0, 0.1) is 0 Å². The lowest BCUT2D eigenvalue weighted by atomic mass is 10.1. The maximum absolute atomic E-state index is 13.0. The molecule has 4 heterocycles. The molecule has 0 aliphatic carbocycles. The molecule has 4 aromatic rings. The molecule has 1 saturated heterocycles. The molecular weight excluding hydrogens is 414 g/mol. The lowest BCUT2D eigenvalue weighted by Crippen LogP contribution is -2.44. The standard InChI is InChI=1S/C22H20ClN7O/c23-16-4-1-3-15(13-16)17-14-26-30-10-6-19(27-20(17)30)22(31)28-18-5-2-7-25-21(18)29-11-8-24-9-12-29/h1-7,10,13-14,24H,8-9,11-12H2,(H,28,31). The number of carbonyl (C=O) groups excluding carboxylic acids is 1. The van der Waals surface area contributed by atoms with Gasteiger partial charge in [-0.1, -0.05) is 23.7 Å². The van der Waals surface area contributed by atoms with Crippen LogP contribution in [-0.2, 0) is 0 Å². The predicted octanol–water partition coefficient (Wildman–Crippen LogP) is 3.11. The highest BCUT2D eigenvalue weighted by molar-refractivity contribution is 6.30. The minimum absolute atomic E-state index is 0.298. The van der Waals surface area contributed by atoms with E-state index in [4.69, 9.17) is 11.6 Å². The second kappa shape index (κ2) is 8.33. The minimum atomic E-state index is -0.301. The van der Waals surface area contributed by atoms with Gasteiger partial charge < -0.3 is 15.5 Å². The molecular formula is C22H20ClN7O. The van der Waals surface area contributed by atoms with Crippen molar-refractivity contribution in [3.8, 4) is 11.1 Å². The molecule has 9 heteroatoms. The van der Waals surface area contributed by atoms with Gasteiger partial charge in [0.2, 0.25) is 0 Å². The van der Waals surface area contributed by atoms with E-state index in [1.54, 1.807) is 29.2 Å². The number of carbonyl (C=O) groups is 1. The summed E-state index contributed by atoms with van der Waals surface area (Å²) in [5.41, 5.74) is 3.25. The van der Waals surface area contributed by atoms with Crippen LogP contribution in [0.25, 0.3) is 16.8 Å². The fourth-order valence-electron chi connectivity index (χ4n) is 3.66. The molecule has 1 amide bonds. The Morgan fingerprint density at radius 2 is 2.00 bits per heavy atom. The van der Waals surface area contributed by atoms with Crippen LogP contribution in [0.15, 0.2) is 61.1 Å². The van der Waals surface area contributed by atoms with Gasteiger partial charge in [0.05, 0.1) is 11.9 Å². The monoisotopic (exact) mass is 433 g/mol. The summed E-state index contributed by atoms with van der Waals surface area (Å²) >= 11 is 6.14.